The van der Waals surface area contributed by atoms with Crippen LogP contribution in [0.15, 0.2) is 0 Å². The number of hydrogen-bond donors (Lipinski definition) is 2. The molecule has 4 atom stereocenters. The molecule has 2 fully saturated rings. The number of nitrogens with two attached hydrogens (primary N) is 1. The van der Waals surface area contributed by atoms with Gasteiger partial charge in [-0.05, 0) is 44.6 Å². The molecule has 17 heavy (non-hydrogen) atoms. The smallest absolute Gasteiger partial charge is 0.318 e. The van der Waals surface area contributed by atoms with Crippen LogP contribution in [-0.2, 0) is 0 Å². The maximum absolute atomic E-state index is 12.3. The minimum Gasteiger partial charge on any atom is -0.335 e. The van der Waals surface area contributed by atoms with Crippen LogP contribution in [0.1, 0.15) is 40.0 Å². The molecule has 0 aromatic carbocycles. The molecule has 0 saturated carbocycles. The van der Waals surface area contributed by atoms with Gasteiger partial charge in [0.15, 0.2) is 0 Å². The van der Waals surface area contributed by atoms with Crippen molar-refractivity contribution < 1.29 is 4.79 Å². The van der Waals surface area contributed by atoms with Gasteiger partial charge in [-0.25, -0.2) is 4.79 Å². The highest BCUT2D eigenvalue weighted by Gasteiger charge is 2.47. The lowest BCUT2D eigenvalue weighted by atomic mass is 9.89. The summed E-state index contributed by atoms with van der Waals surface area (Å²) < 4.78 is 0. The summed E-state index contributed by atoms with van der Waals surface area (Å²) in [4.78, 5) is 14.3. The van der Waals surface area contributed by atoms with Gasteiger partial charge < -0.3 is 16.0 Å². The molecule has 2 saturated heterocycles. The number of carbonyl (C=O) groups is 1. The van der Waals surface area contributed by atoms with Gasteiger partial charge in [0.1, 0.15) is 0 Å². The molecule has 0 aliphatic carbocycles. The first-order chi connectivity index (χ1) is 8.04. The number of nitrogens with zero attached hydrogens (tertiary/aromatic N) is 1. The molecule has 0 radical (unpaired) electrons. The highest BCUT2D eigenvalue weighted by atomic mass is 16.2. The second-order valence-electron chi connectivity index (χ2n) is 5.92. The molecule has 0 aromatic heterocycles. The summed E-state index contributed by atoms with van der Waals surface area (Å²) in [5, 5.41) is 3.11. The molecule has 4 nitrogen and oxygen atoms in total. The van der Waals surface area contributed by atoms with E-state index in [1.807, 2.05) is 0 Å². The molecular weight excluding hydrogens is 214 g/mol. The fraction of sp³-hybridized carbons (Fsp3) is 0.923. The van der Waals surface area contributed by atoms with E-state index in [2.05, 4.69) is 31.0 Å². The Morgan fingerprint density at radius 1 is 1.41 bits per heavy atom. The van der Waals surface area contributed by atoms with Gasteiger partial charge in [-0.1, -0.05) is 13.8 Å². The zero-order chi connectivity index (χ0) is 12.6. The Hall–Kier alpha value is -0.770. The predicted molar refractivity (Wildman–Crippen MR) is 68.6 cm³/mol. The summed E-state index contributed by atoms with van der Waals surface area (Å²) in [7, 11) is 0. The Kier molecular flexibility index (Phi) is 3.61. The Bertz CT molecular complexity index is 292. The van der Waals surface area contributed by atoms with Crippen molar-refractivity contribution in [2.75, 3.05) is 6.54 Å². The van der Waals surface area contributed by atoms with Gasteiger partial charge in [0.05, 0.1) is 0 Å². The number of fused-ring (bicyclic) bond motifs is 2. The van der Waals surface area contributed by atoms with Gasteiger partial charge in [-0.2, -0.15) is 0 Å². The highest BCUT2D eigenvalue weighted by molar-refractivity contribution is 5.76. The van der Waals surface area contributed by atoms with Crippen molar-refractivity contribution in [1.82, 2.24) is 10.2 Å². The number of hydrogen-bond acceptors (Lipinski definition) is 2. The van der Waals surface area contributed by atoms with Crippen LogP contribution in [0.25, 0.3) is 0 Å². The zero-order valence-corrected chi connectivity index (χ0v) is 11.1. The predicted octanol–water partition coefficient (Wildman–Crippen LogP) is 1.55. The lowest BCUT2D eigenvalue weighted by Gasteiger charge is -2.27. The van der Waals surface area contributed by atoms with Crippen molar-refractivity contribution in [3.8, 4) is 0 Å². The first-order valence-corrected chi connectivity index (χ1v) is 6.83. The fourth-order valence-corrected chi connectivity index (χ4v) is 3.12. The molecule has 4 unspecified atom stereocenters. The van der Waals surface area contributed by atoms with E-state index in [1.165, 1.54) is 0 Å². The van der Waals surface area contributed by atoms with Crippen molar-refractivity contribution in [1.29, 1.82) is 0 Å². The number of amides is 2. The van der Waals surface area contributed by atoms with Crippen LogP contribution < -0.4 is 11.1 Å². The Morgan fingerprint density at radius 2 is 2.12 bits per heavy atom. The maximum atomic E-state index is 12.3. The van der Waals surface area contributed by atoms with Crippen molar-refractivity contribution in [3.63, 3.8) is 0 Å². The van der Waals surface area contributed by atoms with Crippen LogP contribution in [-0.4, -0.2) is 35.6 Å². The summed E-state index contributed by atoms with van der Waals surface area (Å²) in [6, 6.07) is 1.19. The normalized spacial score (nSPS) is 33.2. The van der Waals surface area contributed by atoms with Gasteiger partial charge in [0.2, 0.25) is 0 Å². The quantitative estimate of drug-likeness (QED) is 0.785. The third-order valence-electron chi connectivity index (χ3n) is 4.55. The van der Waals surface area contributed by atoms with Crippen molar-refractivity contribution in [2.45, 2.75) is 58.2 Å². The van der Waals surface area contributed by atoms with E-state index in [1.54, 1.807) is 0 Å². The van der Waals surface area contributed by atoms with E-state index in [-0.39, 0.29) is 12.1 Å². The van der Waals surface area contributed by atoms with E-state index in [0.717, 1.165) is 19.3 Å². The van der Waals surface area contributed by atoms with Crippen molar-refractivity contribution in [3.05, 3.63) is 0 Å². The van der Waals surface area contributed by atoms with Crippen LogP contribution in [0.2, 0.25) is 0 Å². The lowest BCUT2D eigenvalue weighted by Crippen LogP contribution is -2.48. The lowest BCUT2D eigenvalue weighted by molar-refractivity contribution is 0.182. The van der Waals surface area contributed by atoms with Crippen molar-refractivity contribution >= 4 is 6.03 Å². The molecule has 2 aliphatic heterocycles. The molecule has 3 N–H and O–H groups in total. The summed E-state index contributed by atoms with van der Waals surface area (Å²) in [6.45, 7) is 7.05. The molecule has 0 aromatic rings. The minimum absolute atomic E-state index is 0.120. The first kappa shape index (κ1) is 12.7. The Balaban J connectivity index is 1.97. The average Bonchev–Trinajstić information content (AvgIpc) is 2.85. The van der Waals surface area contributed by atoms with E-state index in [0.29, 0.717) is 30.5 Å². The minimum atomic E-state index is 0.120. The number of urea groups is 1. The van der Waals surface area contributed by atoms with Crippen LogP contribution >= 0.6 is 0 Å². The molecule has 2 bridgehead atoms. The summed E-state index contributed by atoms with van der Waals surface area (Å²) in [5.74, 6) is 0.998. The van der Waals surface area contributed by atoms with E-state index < -0.39 is 0 Å². The van der Waals surface area contributed by atoms with E-state index >= 15 is 0 Å². The van der Waals surface area contributed by atoms with Gasteiger partial charge in [0, 0.05) is 18.1 Å². The molecule has 4 heteroatoms. The SMILES string of the molecule is CC(C)C(C)NC(=O)N1C2CCC1C(CN)C2. The third kappa shape index (κ3) is 2.28. The number of carbonyl (C=O) groups excluding carboxylic acids is 1. The Labute approximate surface area is 104 Å². The van der Waals surface area contributed by atoms with Crippen LogP contribution in [0.5, 0.6) is 0 Å². The zero-order valence-electron chi connectivity index (χ0n) is 11.1. The summed E-state index contributed by atoms with van der Waals surface area (Å²) >= 11 is 0. The second-order valence-corrected chi connectivity index (χ2v) is 5.92. The fourth-order valence-electron chi connectivity index (χ4n) is 3.12. The molecule has 2 amide bonds. The van der Waals surface area contributed by atoms with Crippen LogP contribution in [0.4, 0.5) is 4.79 Å². The average molecular weight is 239 g/mol. The maximum Gasteiger partial charge on any atom is 0.318 e. The van der Waals surface area contributed by atoms with Crippen LogP contribution in [0, 0.1) is 11.8 Å². The molecule has 2 rings (SSSR count). The number of nitrogens with one attached hydrogen (secondary N) is 1. The molecule has 98 valence electrons. The van der Waals surface area contributed by atoms with Gasteiger partial charge >= 0.3 is 6.03 Å². The standard InChI is InChI=1S/C13H25N3O/c1-8(2)9(3)15-13(17)16-11-4-5-12(16)10(6-11)7-14/h8-12H,4-7,14H2,1-3H3,(H,15,17). The monoisotopic (exact) mass is 239 g/mol. The summed E-state index contributed by atoms with van der Waals surface area (Å²) in [5.41, 5.74) is 5.77. The number of rotatable bonds is 3. The first-order valence-electron chi connectivity index (χ1n) is 6.83. The van der Waals surface area contributed by atoms with Gasteiger partial charge in [0.25, 0.3) is 0 Å². The topological polar surface area (TPSA) is 58.4 Å². The molecule has 2 heterocycles. The largest absolute Gasteiger partial charge is 0.335 e. The molecule has 0 spiro atoms. The van der Waals surface area contributed by atoms with Gasteiger partial charge in [-0.15, -0.1) is 0 Å². The van der Waals surface area contributed by atoms with Gasteiger partial charge in [-0.3, -0.25) is 0 Å². The second kappa shape index (κ2) is 4.84. The molecular formula is C13H25N3O. The van der Waals surface area contributed by atoms with E-state index in [4.69, 9.17) is 5.73 Å². The molecule has 2 aliphatic rings. The third-order valence-corrected chi connectivity index (χ3v) is 4.55. The van der Waals surface area contributed by atoms with Crippen LogP contribution in [0.3, 0.4) is 0 Å². The summed E-state index contributed by atoms with van der Waals surface area (Å²) in [6.07, 6.45) is 3.39. The van der Waals surface area contributed by atoms with E-state index in [9.17, 15) is 4.79 Å². The Morgan fingerprint density at radius 3 is 2.65 bits per heavy atom. The highest BCUT2D eigenvalue weighted by Crippen LogP contribution is 2.41. The van der Waals surface area contributed by atoms with Crippen molar-refractivity contribution in [2.24, 2.45) is 17.6 Å².